The van der Waals surface area contributed by atoms with Gasteiger partial charge in [-0.25, -0.2) is 17.2 Å². The summed E-state index contributed by atoms with van der Waals surface area (Å²) in [6.45, 7) is 5.68. The van der Waals surface area contributed by atoms with Crippen LogP contribution in [-0.4, -0.2) is 69.6 Å². The van der Waals surface area contributed by atoms with Gasteiger partial charge < -0.3 is 9.80 Å². The Bertz CT molecular complexity index is 719. The SMILES string of the molecule is CCN1CCN(C(=O)CCN(c2ccc(F)c(F)c2)S(C)(=O)=O)CC1. The number of carbonyl (C=O) groups excluding carboxylic acids is 1. The van der Waals surface area contributed by atoms with Crippen molar-refractivity contribution in [1.82, 2.24) is 9.80 Å². The number of hydrogen-bond acceptors (Lipinski definition) is 4. The van der Waals surface area contributed by atoms with Crippen molar-refractivity contribution < 1.29 is 22.0 Å². The van der Waals surface area contributed by atoms with Crippen LogP contribution >= 0.6 is 0 Å². The van der Waals surface area contributed by atoms with Crippen LogP contribution in [0.2, 0.25) is 0 Å². The van der Waals surface area contributed by atoms with Crippen molar-refractivity contribution in [2.75, 3.05) is 49.8 Å². The van der Waals surface area contributed by atoms with E-state index in [1.807, 2.05) is 0 Å². The molecule has 1 fully saturated rings. The molecule has 0 N–H and O–H groups in total. The summed E-state index contributed by atoms with van der Waals surface area (Å²) in [5, 5.41) is 0. The average Bonchev–Trinajstić information content (AvgIpc) is 2.57. The molecule has 1 amide bonds. The van der Waals surface area contributed by atoms with Crippen LogP contribution in [0.1, 0.15) is 13.3 Å². The van der Waals surface area contributed by atoms with E-state index >= 15 is 0 Å². The van der Waals surface area contributed by atoms with E-state index in [-0.39, 0.29) is 24.6 Å². The number of hydrogen-bond donors (Lipinski definition) is 0. The summed E-state index contributed by atoms with van der Waals surface area (Å²) in [4.78, 5) is 16.3. The molecule has 1 aromatic carbocycles. The Morgan fingerprint density at radius 3 is 2.32 bits per heavy atom. The number of amides is 1. The lowest BCUT2D eigenvalue weighted by molar-refractivity contribution is -0.132. The summed E-state index contributed by atoms with van der Waals surface area (Å²) >= 11 is 0. The lowest BCUT2D eigenvalue weighted by Crippen LogP contribution is -2.49. The van der Waals surface area contributed by atoms with Crippen molar-refractivity contribution in [2.24, 2.45) is 0 Å². The van der Waals surface area contributed by atoms with Gasteiger partial charge in [-0.3, -0.25) is 9.10 Å². The highest BCUT2D eigenvalue weighted by atomic mass is 32.2. The Morgan fingerprint density at radius 2 is 1.80 bits per heavy atom. The highest BCUT2D eigenvalue weighted by molar-refractivity contribution is 7.92. The molecule has 25 heavy (non-hydrogen) atoms. The number of likely N-dealkylation sites (N-methyl/N-ethyl adjacent to an activating group) is 1. The molecule has 2 rings (SSSR count). The van der Waals surface area contributed by atoms with E-state index in [0.717, 1.165) is 42.3 Å². The lowest BCUT2D eigenvalue weighted by Gasteiger charge is -2.34. The summed E-state index contributed by atoms with van der Waals surface area (Å²) in [6, 6.07) is 2.87. The molecule has 0 bridgehead atoms. The molecule has 140 valence electrons. The van der Waals surface area contributed by atoms with E-state index in [1.54, 1.807) is 4.90 Å². The van der Waals surface area contributed by atoms with Crippen LogP contribution in [0.25, 0.3) is 0 Å². The summed E-state index contributed by atoms with van der Waals surface area (Å²) in [5.41, 5.74) is 0.00463. The maximum Gasteiger partial charge on any atom is 0.232 e. The maximum atomic E-state index is 13.4. The van der Waals surface area contributed by atoms with Crippen molar-refractivity contribution in [1.29, 1.82) is 0 Å². The summed E-state index contributed by atoms with van der Waals surface area (Å²) in [5.74, 6) is -2.33. The number of carbonyl (C=O) groups is 1. The second kappa shape index (κ2) is 8.09. The molecule has 1 saturated heterocycles. The number of piperazine rings is 1. The molecular weight excluding hydrogens is 352 g/mol. The van der Waals surface area contributed by atoms with Gasteiger partial charge in [-0.05, 0) is 18.7 Å². The Morgan fingerprint density at radius 1 is 1.16 bits per heavy atom. The van der Waals surface area contributed by atoms with Gasteiger partial charge in [0.05, 0.1) is 11.9 Å². The Labute approximate surface area is 147 Å². The third kappa shape index (κ3) is 5.12. The predicted molar refractivity (Wildman–Crippen MR) is 91.9 cm³/mol. The third-order valence-corrected chi connectivity index (χ3v) is 5.49. The fourth-order valence-electron chi connectivity index (χ4n) is 2.80. The van der Waals surface area contributed by atoms with Crippen molar-refractivity contribution >= 4 is 21.6 Å². The molecule has 1 aromatic rings. The number of anilines is 1. The minimum absolute atomic E-state index is 0.00463. The van der Waals surface area contributed by atoms with E-state index in [0.29, 0.717) is 13.1 Å². The quantitative estimate of drug-likeness (QED) is 0.752. The molecule has 0 aliphatic carbocycles. The van der Waals surface area contributed by atoms with Gasteiger partial charge in [-0.1, -0.05) is 6.92 Å². The van der Waals surface area contributed by atoms with Crippen LogP contribution < -0.4 is 4.31 Å². The number of sulfonamides is 1. The van der Waals surface area contributed by atoms with E-state index in [9.17, 15) is 22.0 Å². The first-order valence-electron chi connectivity index (χ1n) is 8.15. The first kappa shape index (κ1) is 19.6. The first-order chi connectivity index (χ1) is 11.7. The van der Waals surface area contributed by atoms with Crippen LogP contribution in [-0.2, 0) is 14.8 Å². The Hall–Kier alpha value is -1.74. The largest absolute Gasteiger partial charge is 0.340 e. The second-order valence-corrected chi connectivity index (χ2v) is 7.91. The fourth-order valence-corrected chi connectivity index (χ4v) is 3.71. The van der Waals surface area contributed by atoms with E-state index in [2.05, 4.69) is 11.8 Å². The molecule has 9 heteroatoms. The number of benzene rings is 1. The van der Waals surface area contributed by atoms with Gasteiger partial charge in [0.25, 0.3) is 0 Å². The normalized spacial score (nSPS) is 16.1. The lowest BCUT2D eigenvalue weighted by atomic mass is 10.2. The van der Waals surface area contributed by atoms with E-state index in [4.69, 9.17) is 0 Å². The maximum absolute atomic E-state index is 13.4. The van der Waals surface area contributed by atoms with Gasteiger partial charge in [0.2, 0.25) is 15.9 Å². The Balaban J connectivity index is 2.03. The van der Waals surface area contributed by atoms with Crippen LogP contribution in [0.4, 0.5) is 14.5 Å². The minimum Gasteiger partial charge on any atom is -0.340 e. The van der Waals surface area contributed by atoms with Gasteiger partial charge in [0.1, 0.15) is 0 Å². The van der Waals surface area contributed by atoms with Crippen LogP contribution in [0.5, 0.6) is 0 Å². The number of nitrogens with zero attached hydrogens (tertiary/aromatic N) is 3. The van der Waals surface area contributed by atoms with Gasteiger partial charge in [0.15, 0.2) is 11.6 Å². The van der Waals surface area contributed by atoms with Crippen LogP contribution in [0, 0.1) is 11.6 Å². The molecule has 0 aromatic heterocycles. The van der Waals surface area contributed by atoms with Gasteiger partial charge in [-0.2, -0.15) is 0 Å². The van der Waals surface area contributed by atoms with Crippen molar-refractivity contribution in [3.63, 3.8) is 0 Å². The highest BCUT2D eigenvalue weighted by Crippen LogP contribution is 2.21. The summed E-state index contributed by atoms with van der Waals surface area (Å²) < 4.78 is 51.4. The van der Waals surface area contributed by atoms with Crippen molar-refractivity contribution in [3.8, 4) is 0 Å². The molecule has 0 saturated carbocycles. The molecule has 0 unspecified atom stereocenters. The molecular formula is C16H23F2N3O3S. The Kier molecular flexibility index (Phi) is 6.34. The molecule has 6 nitrogen and oxygen atoms in total. The van der Waals surface area contributed by atoms with E-state index < -0.39 is 21.7 Å². The van der Waals surface area contributed by atoms with Crippen LogP contribution in [0.15, 0.2) is 18.2 Å². The van der Waals surface area contributed by atoms with Gasteiger partial charge in [-0.15, -0.1) is 0 Å². The second-order valence-electron chi connectivity index (χ2n) is 6.00. The third-order valence-electron chi connectivity index (χ3n) is 4.29. The number of halogens is 2. The van der Waals surface area contributed by atoms with E-state index in [1.165, 1.54) is 6.07 Å². The summed E-state index contributed by atoms with van der Waals surface area (Å²) in [6.07, 6.45) is 0.955. The van der Waals surface area contributed by atoms with Gasteiger partial charge >= 0.3 is 0 Å². The average molecular weight is 375 g/mol. The molecule has 0 atom stereocenters. The molecule has 1 aliphatic rings. The summed E-state index contributed by atoms with van der Waals surface area (Å²) in [7, 11) is -3.72. The molecule has 1 aliphatic heterocycles. The zero-order chi connectivity index (χ0) is 18.6. The zero-order valence-corrected chi connectivity index (χ0v) is 15.2. The molecule has 1 heterocycles. The standard InChI is InChI=1S/C16H23F2N3O3S/c1-3-19-8-10-20(11-9-19)16(22)6-7-21(25(2,23)24)13-4-5-14(17)15(18)12-13/h4-5,12H,3,6-11H2,1-2H3. The molecule has 0 radical (unpaired) electrons. The van der Waals surface area contributed by atoms with Crippen molar-refractivity contribution in [3.05, 3.63) is 29.8 Å². The highest BCUT2D eigenvalue weighted by Gasteiger charge is 2.24. The first-order valence-corrected chi connectivity index (χ1v) is 10.00. The van der Waals surface area contributed by atoms with Gasteiger partial charge in [0, 0.05) is 45.2 Å². The smallest absolute Gasteiger partial charge is 0.232 e. The zero-order valence-electron chi connectivity index (χ0n) is 14.4. The predicted octanol–water partition coefficient (Wildman–Crippen LogP) is 1.28. The fraction of sp³-hybridized carbons (Fsp3) is 0.562. The topological polar surface area (TPSA) is 60.9 Å². The van der Waals surface area contributed by atoms with Crippen LogP contribution in [0.3, 0.4) is 0 Å². The minimum atomic E-state index is -3.72. The number of rotatable bonds is 6. The van der Waals surface area contributed by atoms with Crippen molar-refractivity contribution in [2.45, 2.75) is 13.3 Å². The monoisotopic (exact) mass is 375 g/mol. The molecule has 0 spiro atoms.